The van der Waals surface area contributed by atoms with Crippen LogP contribution >= 0.6 is 0 Å². The molecule has 2 aromatic rings. The fraction of sp³-hybridized carbons (Fsp3) is 0.316. The maximum absolute atomic E-state index is 12.8. The topological polar surface area (TPSA) is 38.3 Å². The van der Waals surface area contributed by atoms with Crippen LogP contribution in [0.1, 0.15) is 35.2 Å². The maximum atomic E-state index is 12.8. The van der Waals surface area contributed by atoms with Crippen molar-refractivity contribution < 1.29 is 22.7 Å². The van der Waals surface area contributed by atoms with Crippen LogP contribution in [0.5, 0.6) is 5.75 Å². The zero-order chi connectivity index (χ0) is 18.6. The molecule has 0 heterocycles. The molecule has 0 spiro atoms. The molecule has 1 amide bonds. The van der Waals surface area contributed by atoms with Crippen LogP contribution in [-0.2, 0) is 11.0 Å². The second-order valence-electron chi connectivity index (χ2n) is 5.97. The van der Waals surface area contributed by atoms with E-state index in [0.717, 1.165) is 23.3 Å². The van der Waals surface area contributed by atoms with Gasteiger partial charge in [0.05, 0.1) is 11.6 Å². The van der Waals surface area contributed by atoms with Gasteiger partial charge in [-0.3, -0.25) is 4.79 Å². The smallest absolute Gasteiger partial charge is 0.416 e. The van der Waals surface area contributed by atoms with Crippen molar-refractivity contribution in [1.82, 2.24) is 5.32 Å². The van der Waals surface area contributed by atoms with Gasteiger partial charge in [0.1, 0.15) is 5.75 Å². The monoisotopic (exact) mass is 351 g/mol. The van der Waals surface area contributed by atoms with Gasteiger partial charge in [-0.1, -0.05) is 29.8 Å². The Balaban J connectivity index is 1.96. The Morgan fingerprint density at radius 1 is 1.16 bits per heavy atom. The molecule has 3 nitrogen and oxygen atoms in total. The number of halogens is 3. The second kappa shape index (κ2) is 7.59. The van der Waals surface area contributed by atoms with Crippen LogP contribution in [-0.4, -0.2) is 12.5 Å². The van der Waals surface area contributed by atoms with E-state index < -0.39 is 23.7 Å². The van der Waals surface area contributed by atoms with E-state index >= 15 is 0 Å². The van der Waals surface area contributed by atoms with Crippen LogP contribution in [0.4, 0.5) is 13.2 Å². The predicted octanol–water partition coefficient (Wildman–Crippen LogP) is 4.58. The van der Waals surface area contributed by atoms with Crippen LogP contribution in [0.3, 0.4) is 0 Å². The van der Waals surface area contributed by atoms with Gasteiger partial charge >= 0.3 is 6.18 Å². The van der Waals surface area contributed by atoms with E-state index in [1.54, 1.807) is 19.1 Å². The molecule has 0 saturated carbocycles. The number of carbonyl (C=O) groups is 1. The SMILES string of the molecule is Cc1ccc(OCC(=O)NC(C)c2cccc(C(F)(F)F)c2)c(C)c1. The zero-order valence-electron chi connectivity index (χ0n) is 14.3. The minimum absolute atomic E-state index is 0.201. The minimum Gasteiger partial charge on any atom is -0.484 e. The first-order valence-electron chi connectivity index (χ1n) is 7.83. The van der Waals surface area contributed by atoms with Crippen molar-refractivity contribution >= 4 is 5.91 Å². The number of alkyl halides is 3. The van der Waals surface area contributed by atoms with Crippen molar-refractivity contribution in [3.63, 3.8) is 0 Å². The molecule has 1 N–H and O–H groups in total. The lowest BCUT2D eigenvalue weighted by Crippen LogP contribution is -2.31. The average molecular weight is 351 g/mol. The Hall–Kier alpha value is -2.50. The minimum atomic E-state index is -4.41. The molecule has 0 aliphatic rings. The molecular formula is C19H20F3NO2. The third-order valence-corrected chi connectivity index (χ3v) is 3.78. The third kappa shape index (κ3) is 5.24. The Labute approximate surface area is 144 Å². The Morgan fingerprint density at radius 3 is 2.52 bits per heavy atom. The lowest BCUT2D eigenvalue weighted by atomic mass is 10.0. The lowest BCUT2D eigenvalue weighted by molar-refractivity contribution is -0.137. The lowest BCUT2D eigenvalue weighted by Gasteiger charge is -2.17. The van der Waals surface area contributed by atoms with Gasteiger partial charge in [0, 0.05) is 0 Å². The molecule has 2 rings (SSSR count). The number of rotatable bonds is 5. The number of hydrogen-bond donors (Lipinski definition) is 1. The fourth-order valence-corrected chi connectivity index (χ4v) is 2.46. The van der Waals surface area contributed by atoms with E-state index in [2.05, 4.69) is 5.32 Å². The summed E-state index contributed by atoms with van der Waals surface area (Å²) in [7, 11) is 0. The summed E-state index contributed by atoms with van der Waals surface area (Å²) in [6, 6.07) is 9.96. The van der Waals surface area contributed by atoms with Crippen LogP contribution < -0.4 is 10.1 Å². The van der Waals surface area contributed by atoms with Crippen LogP contribution in [0.15, 0.2) is 42.5 Å². The quantitative estimate of drug-likeness (QED) is 0.856. The predicted molar refractivity (Wildman–Crippen MR) is 89.4 cm³/mol. The maximum Gasteiger partial charge on any atom is 0.416 e. The summed E-state index contributed by atoms with van der Waals surface area (Å²) in [5.41, 5.74) is 1.65. The summed E-state index contributed by atoms with van der Waals surface area (Å²) in [6.45, 7) is 5.27. The van der Waals surface area contributed by atoms with Gasteiger partial charge in [0.25, 0.3) is 5.91 Å². The molecule has 6 heteroatoms. The molecule has 134 valence electrons. The first-order valence-corrected chi connectivity index (χ1v) is 7.83. The standard InChI is InChI=1S/C19H20F3NO2/c1-12-7-8-17(13(2)9-12)25-11-18(24)23-14(3)15-5-4-6-16(10-15)19(20,21)22/h4-10,14H,11H2,1-3H3,(H,23,24). The summed E-state index contributed by atoms with van der Waals surface area (Å²) in [5, 5.41) is 2.64. The number of ether oxygens (including phenoxy) is 1. The highest BCUT2D eigenvalue weighted by Gasteiger charge is 2.30. The highest BCUT2D eigenvalue weighted by Crippen LogP contribution is 2.30. The van der Waals surface area contributed by atoms with E-state index in [0.29, 0.717) is 11.3 Å². The molecule has 0 aliphatic heterocycles. The van der Waals surface area contributed by atoms with Gasteiger partial charge < -0.3 is 10.1 Å². The molecule has 1 atom stereocenters. The highest BCUT2D eigenvalue weighted by atomic mass is 19.4. The van der Waals surface area contributed by atoms with Gasteiger partial charge in [-0.2, -0.15) is 13.2 Å². The van der Waals surface area contributed by atoms with Gasteiger partial charge in [-0.15, -0.1) is 0 Å². The van der Waals surface area contributed by atoms with Gasteiger partial charge in [-0.05, 0) is 50.1 Å². The van der Waals surface area contributed by atoms with Gasteiger partial charge in [0.2, 0.25) is 0 Å². The summed E-state index contributed by atoms with van der Waals surface area (Å²) < 4.78 is 43.8. The molecule has 0 radical (unpaired) electrons. The molecule has 0 aliphatic carbocycles. The van der Waals surface area contributed by atoms with E-state index in [-0.39, 0.29) is 6.61 Å². The van der Waals surface area contributed by atoms with Gasteiger partial charge in [0.15, 0.2) is 6.61 Å². The number of amides is 1. The first-order chi connectivity index (χ1) is 11.7. The molecule has 2 aromatic carbocycles. The van der Waals surface area contributed by atoms with Crippen molar-refractivity contribution in [3.05, 3.63) is 64.7 Å². The third-order valence-electron chi connectivity index (χ3n) is 3.78. The van der Waals surface area contributed by atoms with Crippen molar-refractivity contribution in [3.8, 4) is 5.75 Å². The molecular weight excluding hydrogens is 331 g/mol. The first kappa shape index (κ1) is 18.8. The second-order valence-corrected chi connectivity index (χ2v) is 5.97. The van der Waals surface area contributed by atoms with Crippen LogP contribution in [0, 0.1) is 13.8 Å². The Morgan fingerprint density at radius 2 is 1.88 bits per heavy atom. The van der Waals surface area contributed by atoms with E-state index in [4.69, 9.17) is 4.74 Å². The largest absolute Gasteiger partial charge is 0.484 e. The average Bonchev–Trinajstić information content (AvgIpc) is 2.53. The summed E-state index contributed by atoms with van der Waals surface area (Å²) in [5.74, 6) is 0.206. The normalized spacial score (nSPS) is 12.6. The Kier molecular flexibility index (Phi) is 5.72. The summed E-state index contributed by atoms with van der Waals surface area (Å²) in [4.78, 5) is 12.0. The van der Waals surface area contributed by atoms with Crippen molar-refractivity contribution in [2.45, 2.75) is 33.0 Å². The van der Waals surface area contributed by atoms with Crippen molar-refractivity contribution in [2.24, 2.45) is 0 Å². The number of nitrogens with one attached hydrogen (secondary N) is 1. The van der Waals surface area contributed by atoms with Crippen LogP contribution in [0.25, 0.3) is 0 Å². The molecule has 0 aromatic heterocycles. The summed E-state index contributed by atoms with van der Waals surface area (Å²) >= 11 is 0. The van der Waals surface area contributed by atoms with E-state index in [1.165, 1.54) is 6.07 Å². The summed E-state index contributed by atoms with van der Waals surface area (Å²) in [6.07, 6.45) is -4.41. The molecule has 1 unspecified atom stereocenters. The molecule has 0 fully saturated rings. The zero-order valence-corrected chi connectivity index (χ0v) is 14.3. The van der Waals surface area contributed by atoms with E-state index in [1.807, 2.05) is 26.0 Å². The Bertz CT molecular complexity index is 757. The fourth-order valence-electron chi connectivity index (χ4n) is 2.46. The number of hydrogen-bond acceptors (Lipinski definition) is 2. The molecule has 25 heavy (non-hydrogen) atoms. The number of carbonyl (C=O) groups excluding carboxylic acids is 1. The number of aryl methyl sites for hydroxylation is 2. The van der Waals surface area contributed by atoms with E-state index in [9.17, 15) is 18.0 Å². The number of benzene rings is 2. The highest BCUT2D eigenvalue weighted by molar-refractivity contribution is 5.78. The van der Waals surface area contributed by atoms with Gasteiger partial charge in [-0.25, -0.2) is 0 Å². The van der Waals surface area contributed by atoms with Crippen molar-refractivity contribution in [2.75, 3.05) is 6.61 Å². The molecule has 0 saturated heterocycles. The molecule has 0 bridgehead atoms. The van der Waals surface area contributed by atoms with Crippen LogP contribution in [0.2, 0.25) is 0 Å². The van der Waals surface area contributed by atoms with Crippen molar-refractivity contribution in [1.29, 1.82) is 0 Å².